The second kappa shape index (κ2) is 4.87. The molecule has 1 aromatic carbocycles. The van der Waals surface area contributed by atoms with E-state index in [0.29, 0.717) is 0 Å². The largest absolute Gasteiger partial charge is 0.283 e. The van der Waals surface area contributed by atoms with Crippen molar-refractivity contribution in [1.82, 2.24) is 14.9 Å². The van der Waals surface area contributed by atoms with Crippen LogP contribution in [0.2, 0.25) is 0 Å². The number of halogens is 1. The van der Waals surface area contributed by atoms with E-state index in [1.807, 2.05) is 0 Å². The Morgan fingerprint density at radius 2 is 2.22 bits per heavy atom. The van der Waals surface area contributed by atoms with Crippen molar-refractivity contribution in [2.75, 3.05) is 0 Å². The summed E-state index contributed by atoms with van der Waals surface area (Å²) in [4.78, 5) is -0.0938. The maximum Gasteiger partial charge on any atom is 0.240 e. The molecule has 1 aromatic heterocycles. The van der Waals surface area contributed by atoms with Crippen LogP contribution in [0.1, 0.15) is 11.3 Å². The number of aromatic amines is 1. The number of sulfonamides is 1. The normalized spacial score (nSPS) is 11.7. The molecule has 0 fully saturated rings. The summed E-state index contributed by atoms with van der Waals surface area (Å²) in [7, 11) is -3.71. The van der Waals surface area contributed by atoms with Crippen LogP contribution in [0.4, 0.5) is 4.39 Å². The predicted octanol–water partition coefficient (Wildman–Crippen LogP) is 1.34. The third kappa shape index (κ3) is 2.74. The van der Waals surface area contributed by atoms with Gasteiger partial charge in [0.1, 0.15) is 5.82 Å². The van der Waals surface area contributed by atoms with Crippen LogP contribution in [-0.2, 0) is 16.6 Å². The topological polar surface area (TPSA) is 74.8 Å². The highest BCUT2D eigenvalue weighted by Crippen LogP contribution is 2.11. The zero-order chi connectivity index (χ0) is 13.2. The summed E-state index contributed by atoms with van der Waals surface area (Å²) in [5.41, 5.74) is 1.53. The molecule has 0 aliphatic heterocycles. The van der Waals surface area contributed by atoms with Crippen molar-refractivity contribution in [3.8, 4) is 0 Å². The smallest absolute Gasteiger partial charge is 0.240 e. The molecule has 0 bridgehead atoms. The third-order valence-corrected chi connectivity index (χ3v) is 3.89. The van der Waals surface area contributed by atoms with Crippen molar-refractivity contribution in [3.63, 3.8) is 0 Å². The fraction of sp³-hybridized carbons (Fsp3) is 0.182. The van der Waals surface area contributed by atoms with Crippen molar-refractivity contribution in [2.24, 2.45) is 0 Å². The lowest BCUT2D eigenvalue weighted by molar-refractivity contribution is 0.577. The van der Waals surface area contributed by atoms with Gasteiger partial charge < -0.3 is 0 Å². The van der Waals surface area contributed by atoms with Crippen LogP contribution in [0.15, 0.2) is 35.4 Å². The van der Waals surface area contributed by atoms with Crippen molar-refractivity contribution < 1.29 is 12.8 Å². The molecule has 0 unspecified atom stereocenters. The van der Waals surface area contributed by atoms with Crippen LogP contribution in [0.5, 0.6) is 0 Å². The standard InChI is InChI=1S/C11H12FN3O2S/c1-8-9(6-13-15-8)7-14-18(16,17)11-4-2-3-10(12)5-11/h2-6,14H,7H2,1H3,(H,13,15). The summed E-state index contributed by atoms with van der Waals surface area (Å²) in [5, 5.41) is 6.50. The second-order valence-corrected chi connectivity index (χ2v) is 5.57. The van der Waals surface area contributed by atoms with Gasteiger partial charge in [-0.1, -0.05) is 6.07 Å². The van der Waals surface area contributed by atoms with E-state index in [1.165, 1.54) is 18.2 Å². The van der Waals surface area contributed by atoms with Gasteiger partial charge in [0.2, 0.25) is 10.0 Å². The number of hydrogen-bond donors (Lipinski definition) is 2. The fourth-order valence-electron chi connectivity index (χ4n) is 1.44. The first-order chi connectivity index (χ1) is 8.49. The molecular formula is C11H12FN3O2S. The van der Waals surface area contributed by atoms with Crippen LogP contribution in [0, 0.1) is 12.7 Å². The van der Waals surface area contributed by atoms with Crippen molar-refractivity contribution in [3.05, 3.63) is 47.5 Å². The first kappa shape index (κ1) is 12.7. The summed E-state index contributed by atoms with van der Waals surface area (Å²) >= 11 is 0. The Morgan fingerprint density at radius 1 is 1.44 bits per heavy atom. The molecule has 1 heterocycles. The summed E-state index contributed by atoms with van der Waals surface area (Å²) in [6.45, 7) is 1.90. The quantitative estimate of drug-likeness (QED) is 0.879. The molecule has 18 heavy (non-hydrogen) atoms. The molecule has 0 atom stereocenters. The number of aromatic nitrogens is 2. The molecule has 0 amide bonds. The van der Waals surface area contributed by atoms with Gasteiger partial charge in [-0.15, -0.1) is 0 Å². The van der Waals surface area contributed by atoms with E-state index in [-0.39, 0.29) is 11.4 Å². The lowest BCUT2D eigenvalue weighted by Gasteiger charge is -2.06. The van der Waals surface area contributed by atoms with Gasteiger partial charge in [0.15, 0.2) is 0 Å². The maximum absolute atomic E-state index is 13.0. The van der Waals surface area contributed by atoms with Crippen LogP contribution in [0.3, 0.4) is 0 Å². The predicted molar refractivity (Wildman–Crippen MR) is 63.8 cm³/mol. The molecule has 2 rings (SSSR count). The molecule has 0 saturated heterocycles. The van der Waals surface area contributed by atoms with E-state index in [1.54, 1.807) is 13.1 Å². The molecule has 0 spiro atoms. The Hall–Kier alpha value is -1.73. The average molecular weight is 269 g/mol. The van der Waals surface area contributed by atoms with Gasteiger partial charge >= 0.3 is 0 Å². The second-order valence-electron chi connectivity index (χ2n) is 3.80. The molecule has 2 N–H and O–H groups in total. The molecule has 0 aliphatic carbocycles. The van der Waals surface area contributed by atoms with Crippen LogP contribution < -0.4 is 4.72 Å². The van der Waals surface area contributed by atoms with Crippen molar-refractivity contribution in [1.29, 1.82) is 0 Å². The zero-order valence-electron chi connectivity index (χ0n) is 9.64. The first-order valence-electron chi connectivity index (χ1n) is 5.23. The highest BCUT2D eigenvalue weighted by Gasteiger charge is 2.15. The van der Waals surface area contributed by atoms with E-state index < -0.39 is 15.8 Å². The maximum atomic E-state index is 13.0. The van der Waals surface area contributed by atoms with E-state index in [0.717, 1.165) is 17.3 Å². The monoisotopic (exact) mass is 269 g/mol. The Balaban J connectivity index is 2.16. The Morgan fingerprint density at radius 3 is 2.83 bits per heavy atom. The Bertz CT molecular complexity index is 652. The number of H-pyrrole nitrogens is 1. The minimum absolute atomic E-state index is 0.0938. The molecule has 0 aliphatic rings. The van der Waals surface area contributed by atoms with E-state index in [9.17, 15) is 12.8 Å². The van der Waals surface area contributed by atoms with E-state index in [2.05, 4.69) is 14.9 Å². The fourth-order valence-corrected chi connectivity index (χ4v) is 2.48. The number of nitrogens with one attached hydrogen (secondary N) is 2. The summed E-state index contributed by atoms with van der Waals surface area (Å²) < 4.78 is 39.1. The molecular weight excluding hydrogens is 257 g/mol. The molecule has 5 nitrogen and oxygen atoms in total. The number of nitrogens with zero attached hydrogens (tertiary/aromatic N) is 1. The van der Waals surface area contributed by atoms with Crippen molar-refractivity contribution in [2.45, 2.75) is 18.4 Å². The van der Waals surface area contributed by atoms with Crippen LogP contribution >= 0.6 is 0 Å². The minimum atomic E-state index is -3.71. The first-order valence-corrected chi connectivity index (χ1v) is 6.71. The lowest BCUT2D eigenvalue weighted by Crippen LogP contribution is -2.23. The summed E-state index contributed by atoms with van der Waals surface area (Å²) in [5.74, 6) is -0.586. The Labute approximate surface area is 104 Å². The molecule has 0 saturated carbocycles. The summed E-state index contributed by atoms with van der Waals surface area (Å²) in [6, 6.07) is 4.87. The number of rotatable bonds is 4. The number of aryl methyl sites for hydroxylation is 1. The van der Waals surface area contributed by atoms with Crippen LogP contribution in [-0.4, -0.2) is 18.6 Å². The molecule has 96 valence electrons. The highest BCUT2D eigenvalue weighted by atomic mass is 32.2. The lowest BCUT2D eigenvalue weighted by atomic mass is 10.3. The molecule has 7 heteroatoms. The summed E-state index contributed by atoms with van der Waals surface area (Å²) in [6.07, 6.45) is 1.55. The van der Waals surface area contributed by atoms with Crippen molar-refractivity contribution >= 4 is 10.0 Å². The van der Waals surface area contributed by atoms with Crippen LogP contribution in [0.25, 0.3) is 0 Å². The van der Waals surface area contributed by atoms with Gasteiger partial charge in [0, 0.05) is 17.8 Å². The van der Waals surface area contributed by atoms with Gasteiger partial charge in [0.05, 0.1) is 11.1 Å². The number of benzene rings is 1. The average Bonchev–Trinajstić information content (AvgIpc) is 2.72. The van der Waals surface area contributed by atoms with Gasteiger partial charge in [-0.05, 0) is 25.1 Å². The van der Waals surface area contributed by atoms with E-state index >= 15 is 0 Å². The van der Waals surface area contributed by atoms with E-state index in [4.69, 9.17) is 0 Å². The van der Waals surface area contributed by atoms with Gasteiger partial charge in [-0.25, -0.2) is 17.5 Å². The molecule has 0 radical (unpaired) electrons. The SMILES string of the molecule is Cc1[nH]ncc1CNS(=O)(=O)c1cccc(F)c1. The Kier molecular flexibility index (Phi) is 3.44. The van der Waals surface area contributed by atoms with Gasteiger partial charge in [-0.2, -0.15) is 5.10 Å². The van der Waals surface area contributed by atoms with Gasteiger partial charge in [0.25, 0.3) is 0 Å². The molecule has 2 aromatic rings. The third-order valence-electron chi connectivity index (χ3n) is 2.49. The van der Waals surface area contributed by atoms with Gasteiger partial charge in [-0.3, -0.25) is 5.10 Å². The minimum Gasteiger partial charge on any atom is -0.283 e. The zero-order valence-corrected chi connectivity index (χ0v) is 10.5. The highest BCUT2D eigenvalue weighted by molar-refractivity contribution is 7.89. The number of hydrogen-bond acceptors (Lipinski definition) is 3.